The van der Waals surface area contributed by atoms with E-state index in [1.807, 2.05) is 0 Å². The van der Waals surface area contributed by atoms with Crippen LogP contribution in [0.5, 0.6) is 0 Å². The molecule has 0 saturated heterocycles. The van der Waals surface area contributed by atoms with Gasteiger partial charge in [0.25, 0.3) is 15.2 Å². The fourth-order valence-corrected chi connectivity index (χ4v) is 1.99. The largest absolute Gasteiger partial charge is 0.328 e. The molecule has 0 aliphatic rings. The van der Waals surface area contributed by atoms with Gasteiger partial charge in [-0.05, 0) is 6.07 Å². The van der Waals surface area contributed by atoms with Crippen molar-refractivity contribution in [3.8, 4) is 11.4 Å². The van der Waals surface area contributed by atoms with Crippen LogP contribution >= 0.6 is 0 Å². The van der Waals surface area contributed by atoms with E-state index in [2.05, 4.69) is 15.2 Å². The van der Waals surface area contributed by atoms with Crippen molar-refractivity contribution in [1.29, 1.82) is 0 Å². The zero-order valence-electron chi connectivity index (χ0n) is 8.78. The lowest BCUT2D eigenvalue weighted by atomic mass is 10.3. The van der Waals surface area contributed by atoms with E-state index in [9.17, 15) is 13.2 Å². The summed E-state index contributed by atoms with van der Waals surface area (Å²) < 4.78 is 23.5. The average Bonchev–Trinajstić information content (AvgIpc) is 2.61. The maximum absolute atomic E-state index is 11.1. The highest BCUT2D eigenvalue weighted by atomic mass is 32.2. The number of pyridine rings is 1. The van der Waals surface area contributed by atoms with Crippen LogP contribution in [0.25, 0.3) is 11.4 Å². The first-order valence-electron chi connectivity index (χ1n) is 4.51. The van der Waals surface area contributed by atoms with E-state index in [-0.39, 0.29) is 10.7 Å². The lowest BCUT2D eigenvalue weighted by molar-refractivity contribution is 0.580. The lowest BCUT2D eigenvalue weighted by Crippen LogP contribution is -2.17. The summed E-state index contributed by atoms with van der Waals surface area (Å²) in [6.45, 7) is 0. The Kier molecular flexibility index (Phi) is 2.56. The molecule has 8 nitrogen and oxygen atoms in total. The molecule has 2 aromatic heterocycles. The van der Waals surface area contributed by atoms with Gasteiger partial charge in [-0.25, -0.2) is 13.6 Å². The van der Waals surface area contributed by atoms with Gasteiger partial charge in [0.15, 0.2) is 5.82 Å². The number of hydrogen-bond donors (Lipinski definition) is 2. The SMILES string of the molecule is Cn1c(-c2ccc(=O)[nH]c2)nnc1S(N)(=O)=O. The van der Waals surface area contributed by atoms with Gasteiger partial charge in [-0.2, -0.15) is 0 Å². The van der Waals surface area contributed by atoms with Crippen LogP contribution in [0.3, 0.4) is 0 Å². The standard InChI is InChI=1S/C8H9N5O3S/c1-13-7(5-2-3-6(14)10-4-5)11-12-8(13)17(9,15)16/h2-4H,1H3,(H,10,14)(H2,9,15,16). The molecular weight excluding hydrogens is 246 g/mol. The van der Waals surface area contributed by atoms with Crippen molar-refractivity contribution in [2.75, 3.05) is 0 Å². The molecule has 0 fully saturated rings. The van der Waals surface area contributed by atoms with Gasteiger partial charge in [-0.15, -0.1) is 10.2 Å². The number of aromatic nitrogens is 4. The first kappa shape index (κ1) is 11.5. The van der Waals surface area contributed by atoms with Crippen molar-refractivity contribution in [1.82, 2.24) is 19.7 Å². The molecule has 0 saturated carbocycles. The van der Waals surface area contributed by atoms with E-state index >= 15 is 0 Å². The summed E-state index contributed by atoms with van der Waals surface area (Å²) in [6, 6.07) is 2.82. The maximum atomic E-state index is 11.1. The summed E-state index contributed by atoms with van der Waals surface area (Å²) in [5.74, 6) is 0.297. The Hall–Kier alpha value is -2.00. The maximum Gasteiger partial charge on any atom is 0.273 e. The molecule has 0 aliphatic carbocycles. The number of H-pyrrole nitrogens is 1. The van der Waals surface area contributed by atoms with Crippen LogP contribution in [0.4, 0.5) is 0 Å². The highest BCUT2D eigenvalue weighted by molar-refractivity contribution is 7.89. The molecule has 0 radical (unpaired) electrons. The first-order valence-corrected chi connectivity index (χ1v) is 6.05. The van der Waals surface area contributed by atoms with E-state index in [4.69, 9.17) is 5.14 Å². The number of hydrogen-bond acceptors (Lipinski definition) is 5. The van der Waals surface area contributed by atoms with Gasteiger partial charge < -0.3 is 4.98 Å². The van der Waals surface area contributed by atoms with Gasteiger partial charge in [-0.1, -0.05) is 0 Å². The number of rotatable bonds is 2. The zero-order chi connectivity index (χ0) is 12.6. The number of nitrogens with two attached hydrogens (primary N) is 1. The third kappa shape index (κ3) is 2.10. The van der Waals surface area contributed by atoms with Gasteiger partial charge in [0.1, 0.15) is 0 Å². The van der Waals surface area contributed by atoms with Crippen LogP contribution in [-0.2, 0) is 17.1 Å². The van der Waals surface area contributed by atoms with E-state index in [1.54, 1.807) is 0 Å². The molecule has 3 N–H and O–H groups in total. The molecule has 0 bridgehead atoms. The number of nitrogens with zero attached hydrogens (tertiary/aromatic N) is 3. The quantitative estimate of drug-likeness (QED) is 0.698. The van der Waals surface area contributed by atoms with Gasteiger partial charge in [0.05, 0.1) is 0 Å². The molecule has 2 rings (SSSR count). The van der Waals surface area contributed by atoms with Crippen molar-refractivity contribution in [3.05, 3.63) is 28.7 Å². The Morgan fingerprint density at radius 1 is 1.35 bits per heavy atom. The van der Waals surface area contributed by atoms with Gasteiger partial charge in [0.2, 0.25) is 5.56 Å². The summed E-state index contributed by atoms with van der Waals surface area (Å²) in [4.78, 5) is 13.3. The summed E-state index contributed by atoms with van der Waals surface area (Å²) in [6.07, 6.45) is 1.42. The van der Waals surface area contributed by atoms with Crippen molar-refractivity contribution in [2.24, 2.45) is 12.2 Å². The molecule has 0 spiro atoms. The average molecular weight is 255 g/mol. The van der Waals surface area contributed by atoms with E-state index < -0.39 is 10.0 Å². The zero-order valence-corrected chi connectivity index (χ0v) is 9.60. The molecule has 0 aromatic carbocycles. The first-order chi connectivity index (χ1) is 7.89. The number of aromatic amines is 1. The van der Waals surface area contributed by atoms with Crippen LogP contribution in [-0.4, -0.2) is 28.2 Å². The second kappa shape index (κ2) is 3.79. The van der Waals surface area contributed by atoms with Gasteiger partial charge >= 0.3 is 0 Å². The Labute approximate surface area is 96.2 Å². The molecule has 0 amide bonds. The number of sulfonamides is 1. The third-order valence-corrected chi connectivity index (χ3v) is 3.00. The third-order valence-electron chi connectivity index (χ3n) is 2.13. The monoisotopic (exact) mass is 255 g/mol. The fourth-order valence-electron chi connectivity index (χ4n) is 1.36. The molecule has 9 heteroatoms. The van der Waals surface area contributed by atoms with Crippen molar-refractivity contribution < 1.29 is 8.42 Å². The Morgan fingerprint density at radius 3 is 2.53 bits per heavy atom. The molecule has 0 aliphatic heterocycles. The molecule has 2 aromatic rings. The highest BCUT2D eigenvalue weighted by Gasteiger charge is 2.19. The molecular formula is C8H9N5O3S. The molecule has 0 atom stereocenters. The minimum absolute atomic E-state index is 0.261. The highest BCUT2D eigenvalue weighted by Crippen LogP contribution is 2.16. The number of nitrogens with one attached hydrogen (secondary N) is 1. The molecule has 0 unspecified atom stereocenters. The van der Waals surface area contributed by atoms with E-state index in [0.717, 1.165) is 0 Å². The second-order valence-corrected chi connectivity index (χ2v) is 4.81. The van der Waals surface area contributed by atoms with Crippen molar-refractivity contribution >= 4 is 10.0 Å². The normalized spacial score (nSPS) is 11.6. The summed E-state index contributed by atoms with van der Waals surface area (Å²) >= 11 is 0. The predicted octanol–water partition coefficient (Wildman–Crippen LogP) is -1.18. The predicted molar refractivity (Wildman–Crippen MR) is 58.4 cm³/mol. The van der Waals surface area contributed by atoms with Crippen LogP contribution in [0.1, 0.15) is 0 Å². The number of primary sulfonamides is 1. The van der Waals surface area contributed by atoms with Crippen LogP contribution < -0.4 is 10.7 Å². The minimum atomic E-state index is -3.91. The summed E-state index contributed by atoms with van der Waals surface area (Å²) in [7, 11) is -2.44. The van der Waals surface area contributed by atoms with Crippen LogP contribution in [0.15, 0.2) is 28.3 Å². The Balaban J connectivity index is 2.59. The topological polar surface area (TPSA) is 124 Å². The van der Waals surface area contributed by atoms with Crippen molar-refractivity contribution in [2.45, 2.75) is 5.16 Å². The van der Waals surface area contributed by atoms with Gasteiger partial charge in [-0.3, -0.25) is 9.36 Å². The van der Waals surface area contributed by atoms with Crippen molar-refractivity contribution in [3.63, 3.8) is 0 Å². The molecule has 2 heterocycles. The smallest absolute Gasteiger partial charge is 0.273 e. The van der Waals surface area contributed by atoms with E-state index in [1.165, 1.54) is 29.9 Å². The summed E-state index contributed by atoms with van der Waals surface area (Å²) in [5.41, 5.74) is 0.275. The fraction of sp³-hybridized carbons (Fsp3) is 0.125. The minimum Gasteiger partial charge on any atom is -0.328 e. The molecule has 17 heavy (non-hydrogen) atoms. The summed E-state index contributed by atoms with van der Waals surface area (Å²) in [5, 5.41) is 11.8. The van der Waals surface area contributed by atoms with Crippen LogP contribution in [0.2, 0.25) is 0 Å². The van der Waals surface area contributed by atoms with Crippen LogP contribution in [0, 0.1) is 0 Å². The van der Waals surface area contributed by atoms with E-state index in [0.29, 0.717) is 11.4 Å². The van der Waals surface area contributed by atoms with Gasteiger partial charge in [0, 0.05) is 24.9 Å². The Bertz CT molecular complexity index is 695. The second-order valence-electron chi connectivity index (χ2n) is 3.35. The molecule has 90 valence electrons. The Morgan fingerprint density at radius 2 is 2.06 bits per heavy atom. The lowest BCUT2D eigenvalue weighted by Gasteiger charge is -2.01.